The number of nitrogens with one attached hydrogen (secondary N) is 1. The molecule has 1 aromatic heterocycles. The first-order chi connectivity index (χ1) is 14.3. The van der Waals surface area contributed by atoms with E-state index in [9.17, 15) is 0 Å². The van der Waals surface area contributed by atoms with Crippen LogP contribution in [0, 0.1) is 0 Å². The van der Waals surface area contributed by atoms with Crippen LogP contribution >= 0.6 is 0 Å². The van der Waals surface area contributed by atoms with E-state index in [0.717, 1.165) is 48.8 Å². The third kappa shape index (κ3) is 4.26. The van der Waals surface area contributed by atoms with Gasteiger partial charge >= 0.3 is 0 Å². The van der Waals surface area contributed by atoms with E-state index in [1.54, 1.807) is 7.11 Å². The molecule has 3 aromatic rings. The number of methoxy groups -OCH3 is 1. The van der Waals surface area contributed by atoms with Gasteiger partial charge in [0.05, 0.1) is 12.6 Å². The van der Waals surface area contributed by atoms with Crippen LogP contribution in [0.4, 0.5) is 5.69 Å². The van der Waals surface area contributed by atoms with E-state index in [1.807, 2.05) is 31.4 Å². The van der Waals surface area contributed by atoms with Crippen molar-refractivity contribution >= 4 is 22.5 Å². The number of aliphatic imine (C=N–C) groups is 1. The quantitative estimate of drug-likeness (QED) is 0.549. The lowest BCUT2D eigenvalue weighted by atomic mass is 10.1. The number of ether oxygens (including phenoxy) is 1. The maximum Gasteiger partial charge on any atom is 0.194 e. The number of nitrogens with zero attached hydrogens (tertiary/aromatic N) is 4. The minimum Gasteiger partial charge on any atom is -0.497 e. The molecule has 2 aromatic carbocycles. The van der Waals surface area contributed by atoms with Gasteiger partial charge < -0.3 is 19.9 Å². The highest BCUT2D eigenvalue weighted by atomic mass is 16.5. The molecular formula is C23H27N5O. The number of benzene rings is 2. The number of anilines is 1. The number of piperazine rings is 1. The average molecular weight is 390 g/mol. The number of hydrogen-bond acceptors (Lipinski definition) is 4. The lowest BCUT2D eigenvalue weighted by molar-refractivity contribution is 0.372. The van der Waals surface area contributed by atoms with Gasteiger partial charge in [0.1, 0.15) is 5.75 Å². The molecule has 1 N–H and O–H groups in total. The molecule has 1 saturated heterocycles. The van der Waals surface area contributed by atoms with Crippen molar-refractivity contribution in [2.24, 2.45) is 4.99 Å². The third-order valence-electron chi connectivity index (χ3n) is 5.36. The first kappa shape index (κ1) is 19.1. The summed E-state index contributed by atoms with van der Waals surface area (Å²) in [5, 5.41) is 4.68. The topological polar surface area (TPSA) is 53.0 Å². The minimum absolute atomic E-state index is 0.705. The van der Waals surface area contributed by atoms with E-state index in [1.165, 1.54) is 11.3 Å². The summed E-state index contributed by atoms with van der Waals surface area (Å²) in [6, 6.07) is 18.6. The van der Waals surface area contributed by atoms with Gasteiger partial charge in [-0.25, -0.2) is 0 Å². The van der Waals surface area contributed by atoms with Crippen LogP contribution in [-0.4, -0.2) is 56.2 Å². The monoisotopic (exact) mass is 389 g/mol. The molecule has 0 saturated carbocycles. The Hall–Kier alpha value is -3.28. The van der Waals surface area contributed by atoms with Gasteiger partial charge in [0.15, 0.2) is 5.96 Å². The normalized spacial score (nSPS) is 14.9. The van der Waals surface area contributed by atoms with Crippen LogP contribution in [0.3, 0.4) is 0 Å². The van der Waals surface area contributed by atoms with Gasteiger partial charge in [-0.05, 0) is 23.8 Å². The number of fused-ring (bicyclic) bond motifs is 1. The molecule has 0 spiro atoms. The van der Waals surface area contributed by atoms with Crippen LogP contribution in [0.15, 0.2) is 65.8 Å². The Kier molecular flexibility index (Phi) is 5.79. The number of pyridine rings is 1. The Labute approximate surface area is 171 Å². The molecule has 0 aliphatic carbocycles. The summed E-state index contributed by atoms with van der Waals surface area (Å²) < 4.78 is 5.36. The lowest BCUT2D eigenvalue weighted by Crippen LogP contribution is -2.52. The van der Waals surface area contributed by atoms with Crippen LogP contribution in [0.1, 0.15) is 5.56 Å². The summed E-state index contributed by atoms with van der Waals surface area (Å²) in [4.78, 5) is 13.8. The largest absolute Gasteiger partial charge is 0.497 e. The van der Waals surface area contributed by atoms with E-state index in [0.29, 0.717) is 6.54 Å². The molecule has 6 nitrogen and oxygen atoms in total. The summed E-state index contributed by atoms with van der Waals surface area (Å²) in [6.07, 6.45) is 1.85. The lowest BCUT2D eigenvalue weighted by Gasteiger charge is -2.37. The zero-order chi connectivity index (χ0) is 20.1. The van der Waals surface area contributed by atoms with E-state index >= 15 is 0 Å². The first-order valence-electron chi connectivity index (χ1n) is 9.95. The Morgan fingerprint density at radius 1 is 1.07 bits per heavy atom. The molecule has 6 heteroatoms. The van der Waals surface area contributed by atoms with Crippen molar-refractivity contribution in [2.75, 3.05) is 45.2 Å². The maximum atomic E-state index is 5.36. The number of aromatic nitrogens is 1. The van der Waals surface area contributed by atoms with Gasteiger partial charge in [0.2, 0.25) is 0 Å². The fourth-order valence-corrected chi connectivity index (χ4v) is 3.80. The van der Waals surface area contributed by atoms with E-state index < -0.39 is 0 Å². The van der Waals surface area contributed by atoms with Gasteiger partial charge in [-0.3, -0.25) is 9.98 Å². The molecule has 1 aliphatic heterocycles. The molecule has 0 atom stereocenters. The molecule has 0 unspecified atom stereocenters. The highest BCUT2D eigenvalue weighted by molar-refractivity contribution is 5.83. The average Bonchev–Trinajstić information content (AvgIpc) is 2.80. The summed E-state index contributed by atoms with van der Waals surface area (Å²) in [6.45, 7) is 4.44. The summed E-state index contributed by atoms with van der Waals surface area (Å²) >= 11 is 0. The molecule has 1 aliphatic rings. The second-order valence-corrected chi connectivity index (χ2v) is 7.07. The molecule has 150 valence electrons. The SMILES string of the molecule is CN=C(NCc1cccc2cccnc12)N1CCN(c2cccc(OC)c2)CC1. The van der Waals surface area contributed by atoms with Gasteiger partial charge in [-0.2, -0.15) is 0 Å². The van der Waals surface area contributed by atoms with Crippen molar-refractivity contribution in [3.63, 3.8) is 0 Å². The van der Waals surface area contributed by atoms with E-state index in [-0.39, 0.29) is 0 Å². The number of guanidine groups is 1. The van der Waals surface area contributed by atoms with Crippen LogP contribution in [0.25, 0.3) is 10.9 Å². The zero-order valence-corrected chi connectivity index (χ0v) is 17.0. The van der Waals surface area contributed by atoms with Crippen LogP contribution in [-0.2, 0) is 6.54 Å². The van der Waals surface area contributed by atoms with Crippen LogP contribution in [0.5, 0.6) is 5.75 Å². The van der Waals surface area contributed by atoms with E-state index in [2.05, 4.69) is 61.5 Å². The van der Waals surface area contributed by atoms with Crippen molar-refractivity contribution in [3.05, 3.63) is 66.4 Å². The Morgan fingerprint density at radius 2 is 1.86 bits per heavy atom. The second-order valence-electron chi connectivity index (χ2n) is 7.07. The number of rotatable bonds is 4. The fraction of sp³-hybridized carbons (Fsp3) is 0.304. The maximum absolute atomic E-state index is 5.36. The van der Waals surface area contributed by atoms with Crippen molar-refractivity contribution in [2.45, 2.75) is 6.54 Å². The predicted molar refractivity (Wildman–Crippen MR) is 119 cm³/mol. The zero-order valence-electron chi connectivity index (χ0n) is 17.0. The molecule has 1 fully saturated rings. The number of para-hydroxylation sites is 1. The second kappa shape index (κ2) is 8.82. The fourth-order valence-electron chi connectivity index (χ4n) is 3.80. The third-order valence-corrected chi connectivity index (χ3v) is 5.36. The minimum atomic E-state index is 0.705. The van der Waals surface area contributed by atoms with Crippen LogP contribution in [0.2, 0.25) is 0 Å². The summed E-state index contributed by atoms with van der Waals surface area (Å²) in [5.74, 6) is 1.83. The summed E-state index contributed by atoms with van der Waals surface area (Å²) in [7, 11) is 3.55. The van der Waals surface area contributed by atoms with Crippen LogP contribution < -0.4 is 15.0 Å². The van der Waals surface area contributed by atoms with Crippen molar-refractivity contribution in [3.8, 4) is 5.75 Å². The highest BCUT2D eigenvalue weighted by Gasteiger charge is 2.20. The highest BCUT2D eigenvalue weighted by Crippen LogP contribution is 2.22. The van der Waals surface area contributed by atoms with Crippen molar-refractivity contribution < 1.29 is 4.74 Å². The smallest absolute Gasteiger partial charge is 0.194 e. The van der Waals surface area contributed by atoms with Gasteiger partial charge in [-0.15, -0.1) is 0 Å². The van der Waals surface area contributed by atoms with Crippen molar-refractivity contribution in [1.29, 1.82) is 0 Å². The number of hydrogen-bond donors (Lipinski definition) is 1. The first-order valence-corrected chi connectivity index (χ1v) is 9.95. The molecule has 29 heavy (non-hydrogen) atoms. The van der Waals surface area contributed by atoms with Gasteiger partial charge in [0.25, 0.3) is 0 Å². The summed E-state index contributed by atoms with van der Waals surface area (Å²) in [5.41, 5.74) is 3.42. The van der Waals surface area contributed by atoms with Gasteiger partial charge in [-0.1, -0.05) is 30.3 Å². The Balaban J connectivity index is 1.38. The molecule has 0 radical (unpaired) electrons. The standard InChI is InChI=1S/C23H27N5O/c1-24-23(26-17-19-7-3-6-18-8-5-11-25-22(18)19)28-14-12-27(13-15-28)20-9-4-10-21(16-20)29-2/h3-11,16H,12-15,17H2,1-2H3,(H,24,26). The molecule has 2 heterocycles. The Morgan fingerprint density at radius 3 is 2.66 bits per heavy atom. The van der Waals surface area contributed by atoms with E-state index in [4.69, 9.17) is 4.74 Å². The predicted octanol–water partition coefficient (Wildman–Crippen LogP) is 3.14. The molecule has 0 amide bonds. The van der Waals surface area contributed by atoms with Gasteiger partial charge in [0, 0.05) is 63.1 Å². The Bertz CT molecular complexity index is 990. The van der Waals surface area contributed by atoms with Crippen molar-refractivity contribution in [1.82, 2.24) is 15.2 Å². The molecule has 0 bridgehead atoms. The molecule has 4 rings (SSSR count). The molecular weight excluding hydrogens is 362 g/mol.